The summed E-state index contributed by atoms with van der Waals surface area (Å²) in [6.07, 6.45) is 1.26. The molecule has 0 amide bonds. The van der Waals surface area contributed by atoms with Crippen LogP contribution in [-0.2, 0) is 10.0 Å². The zero-order valence-electron chi connectivity index (χ0n) is 10.7. The summed E-state index contributed by atoms with van der Waals surface area (Å²) in [5.74, 6) is -0.835. The van der Waals surface area contributed by atoms with E-state index in [1.165, 1.54) is 16.6 Å². The predicted octanol–water partition coefficient (Wildman–Crippen LogP) is -0.187. The minimum Gasteiger partial charge on any atom is -0.392 e. The van der Waals surface area contributed by atoms with Crippen molar-refractivity contribution in [2.24, 2.45) is 5.73 Å². The minimum atomic E-state index is -3.89. The Bertz CT molecular complexity index is 600. The third-order valence-corrected chi connectivity index (χ3v) is 4.98. The highest BCUT2D eigenvalue weighted by atomic mass is 32.2. The smallest absolute Gasteiger partial charge is 0.263 e. The molecule has 2 rings (SSSR count). The van der Waals surface area contributed by atoms with Crippen molar-refractivity contribution in [3.8, 4) is 0 Å². The van der Waals surface area contributed by atoms with E-state index in [-0.39, 0.29) is 13.1 Å². The Balaban J connectivity index is 2.10. The van der Waals surface area contributed by atoms with Crippen LogP contribution in [0.1, 0.15) is 0 Å². The molecule has 0 spiro atoms. The largest absolute Gasteiger partial charge is 0.392 e. The molecule has 1 aromatic heterocycles. The lowest BCUT2D eigenvalue weighted by Crippen LogP contribution is -2.50. The van der Waals surface area contributed by atoms with E-state index in [1.54, 1.807) is 0 Å². The normalized spacial score (nSPS) is 18.1. The molecule has 1 aliphatic heterocycles. The highest BCUT2D eigenvalue weighted by Crippen LogP contribution is 2.18. The molecule has 1 saturated heterocycles. The van der Waals surface area contributed by atoms with Crippen molar-refractivity contribution in [3.63, 3.8) is 0 Å². The van der Waals surface area contributed by atoms with E-state index < -0.39 is 20.9 Å². The summed E-state index contributed by atoms with van der Waals surface area (Å²) in [7, 11) is -3.89. The van der Waals surface area contributed by atoms with Gasteiger partial charge in [-0.25, -0.2) is 17.8 Å². The number of halogens is 1. The molecule has 1 fully saturated rings. The van der Waals surface area contributed by atoms with Gasteiger partial charge in [-0.05, 0) is 12.1 Å². The van der Waals surface area contributed by atoms with Crippen molar-refractivity contribution in [2.45, 2.75) is 5.03 Å². The number of hydrogen-bond donors (Lipinski definition) is 1. The predicted molar refractivity (Wildman–Crippen MR) is 76.2 cm³/mol. The zero-order chi connectivity index (χ0) is 14.8. The van der Waals surface area contributed by atoms with Crippen molar-refractivity contribution in [3.05, 3.63) is 24.1 Å². The Morgan fingerprint density at radius 1 is 1.40 bits per heavy atom. The molecule has 0 aromatic carbocycles. The average molecular weight is 318 g/mol. The minimum absolute atomic E-state index is 0.265. The fourth-order valence-corrected chi connectivity index (χ4v) is 3.61. The molecule has 2 N–H and O–H groups in total. The van der Waals surface area contributed by atoms with E-state index >= 15 is 0 Å². The van der Waals surface area contributed by atoms with Crippen LogP contribution in [0.15, 0.2) is 23.4 Å². The number of piperazine rings is 1. The van der Waals surface area contributed by atoms with Gasteiger partial charge in [0, 0.05) is 38.9 Å². The quantitative estimate of drug-likeness (QED) is 0.776. The molecule has 0 radical (unpaired) electrons. The number of sulfonamides is 1. The van der Waals surface area contributed by atoms with Crippen molar-refractivity contribution in [1.82, 2.24) is 14.2 Å². The molecular weight excluding hydrogens is 303 g/mol. The van der Waals surface area contributed by atoms with Gasteiger partial charge in [0.25, 0.3) is 10.0 Å². The molecule has 0 saturated carbocycles. The summed E-state index contributed by atoms with van der Waals surface area (Å²) in [5.41, 5.74) is 5.45. The molecule has 1 aliphatic rings. The van der Waals surface area contributed by atoms with Gasteiger partial charge < -0.3 is 5.73 Å². The topological polar surface area (TPSA) is 79.5 Å². The van der Waals surface area contributed by atoms with Crippen LogP contribution < -0.4 is 5.73 Å². The lowest BCUT2D eigenvalue weighted by Gasteiger charge is -2.33. The standard InChI is InChI=1S/C11H15FN4O2S2/c12-9-2-1-3-14-11(9)20(17,18)16-6-4-15(5-7-16)8-10(13)19/h1-3H,4-8H2,(H2,13,19). The summed E-state index contributed by atoms with van der Waals surface area (Å²) in [6, 6.07) is 2.44. The molecule has 1 aromatic rings. The number of rotatable bonds is 4. The SMILES string of the molecule is NC(=S)CN1CCN(S(=O)(=O)c2ncccc2F)CC1. The first-order chi connectivity index (χ1) is 9.41. The van der Waals surface area contributed by atoms with Crippen molar-refractivity contribution in [1.29, 1.82) is 0 Å². The maximum atomic E-state index is 13.6. The van der Waals surface area contributed by atoms with E-state index in [0.717, 1.165) is 6.07 Å². The van der Waals surface area contributed by atoms with Crippen molar-refractivity contribution < 1.29 is 12.8 Å². The first kappa shape index (κ1) is 15.2. The molecule has 110 valence electrons. The summed E-state index contributed by atoms with van der Waals surface area (Å²) in [5, 5.41) is -0.525. The van der Waals surface area contributed by atoms with Crippen LogP contribution in [0.3, 0.4) is 0 Å². The second kappa shape index (κ2) is 6.08. The van der Waals surface area contributed by atoms with Gasteiger partial charge in [0.2, 0.25) is 5.03 Å². The van der Waals surface area contributed by atoms with Gasteiger partial charge in [-0.2, -0.15) is 4.31 Å². The van der Waals surface area contributed by atoms with Gasteiger partial charge in [0.05, 0.1) is 4.99 Å². The van der Waals surface area contributed by atoms with Crippen LogP contribution >= 0.6 is 12.2 Å². The molecule has 0 unspecified atom stereocenters. The lowest BCUT2D eigenvalue weighted by molar-refractivity contribution is 0.209. The van der Waals surface area contributed by atoms with Crippen LogP contribution in [0.25, 0.3) is 0 Å². The Hall–Kier alpha value is -1.16. The summed E-state index contributed by atoms with van der Waals surface area (Å²) < 4.78 is 39.4. The molecule has 0 aliphatic carbocycles. The molecule has 6 nitrogen and oxygen atoms in total. The lowest BCUT2D eigenvalue weighted by atomic mass is 10.3. The second-order valence-electron chi connectivity index (χ2n) is 4.44. The van der Waals surface area contributed by atoms with Gasteiger partial charge >= 0.3 is 0 Å². The molecular formula is C11H15FN4O2S2. The fraction of sp³-hybridized carbons (Fsp3) is 0.455. The Kier molecular flexibility index (Phi) is 4.63. The number of aromatic nitrogens is 1. The van der Waals surface area contributed by atoms with Gasteiger partial charge in [-0.1, -0.05) is 12.2 Å². The van der Waals surface area contributed by atoms with Crippen LogP contribution in [0.4, 0.5) is 4.39 Å². The Morgan fingerprint density at radius 3 is 2.60 bits per heavy atom. The first-order valence-corrected chi connectivity index (χ1v) is 7.87. The monoisotopic (exact) mass is 318 g/mol. The number of pyridine rings is 1. The summed E-state index contributed by atoms with van der Waals surface area (Å²) >= 11 is 4.82. The number of hydrogen-bond acceptors (Lipinski definition) is 5. The summed E-state index contributed by atoms with van der Waals surface area (Å²) in [6.45, 7) is 2.00. The van der Waals surface area contributed by atoms with Crippen molar-refractivity contribution in [2.75, 3.05) is 32.7 Å². The van der Waals surface area contributed by atoms with Crippen LogP contribution in [-0.4, -0.2) is 60.3 Å². The van der Waals surface area contributed by atoms with E-state index in [0.29, 0.717) is 24.6 Å². The third-order valence-electron chi connectivity index (χ3n) is 3.02. The first-order valence-electron chi connectivity index (χ1n) is 6.02. The fourth-order valence-electron chi connectivity index (χ4n) is 2.03. The van der Waals surface area contributed by atoms with Gasteiger partial charge in [0.1, 0.15) is 0 Å². The maximum absolute atomic E-state index is 13.6. The highest BCUT2D eigenvalue weighted by molar-refractivity contribution is 7.89. The molecule has 2 heterocycles. The number of nitrogens with zero attached hydrogens (tertiary/aromatic N) is 3. The third kappa shape index (κ3) is 3.29. The maximum Gasteiger partial charge on any atom is 0.263 e. The number of thiocarbonyl (C=S) groups is 1. The van der Waals surface area contributed by atoms with E-state index in [2.05, 4.69) is 4.98 Å². The molecule has 0 bridgehead atoms. The average Bonchev–Trinajstić information content (AvgIpc) is 2.39. The van der Waals surface area contributed by atoms with Crippen LogP contribution in [0.2, 0.25) is 0 Å². The molecule has 20 heavy (non-hydrogen) atoms. The highest BCUT2D eigenvalue weighted by Gasteiger charge is 2.31. The number of nitrogens with two attached hydrogens (primary N) is 1. The molecule has 0 atom stereocenters. The Labute approximate surface area is 122 Å². The van der Waals surface area contributed by atoms with Crippen LogP contribution in [0.5, 0.6) is 0 Å². The Morgan fingerprint density at radius 2 is 2.05 bits per heavy atom. The van der Waals surface area contributed by atoms with E-state index in [1.807, 2.05) is 4.90 Å². The van der Waals surface area contributed by atoms with Gasteiger partial charge in [0.15, 0.2) is 5.82 Å². The van der Waals surface area contributed by atoms with Gasteiger partial charge in [-0.3, -0.25) is 4.90 Å². The molecule has 9 heteroatoms. The van der Waals surface area contributed by atoms with E-state index in [9.17, 15) is 12.8 Å². The van der Waals surface area contributed by atoms with Crippen LogP contribution in [0, 0.1) is 5.82 Å². The zero-order valence-corrected chi connectivity index (χ0v) is 12.3. The summed E-state index contributed by atoms with van der Waals surface area (Å²) in [4.78, 5) is 5.97. The van der Waals surface area contributed by atoms with E-state index in [4.69, 9.17) is 18.0 Å². The second-order valence-corrected chi connectivity index (χ2v) is 6.81. The van der Waals surface area contributed by atoms with Gasteiger partial charge in [-0.15, -0.1) is 0 Å². The van der Waals surface area contributed by atoms with Crippen molar-refractivity contribution >= 4 is 27.2 Å².